The van der Waals surface area contributed by atoms with Gasteiger partial charge in [-0.2, -0.15) is 10.1 Å². The number of methoxy groups -OCH3 is 2. The van der Waals surface area contributed by atoms with Crippen LogP contribution in [0.25, 0.3) is 27.8 Å². The monoisotopic (exact) mass is 537 g/mol. The van der Waals surface area contributed by atoms with Gasteiger partial charge in [-0.1, -0.05) is 29.8 Å². The van der Waals surface area contributed by atoms with Gasteiger partial charge in [-0.15, -0.1) is 0 Å². The van der Waals surface area contributed by atoms with Crippen LogP contribution >= 0.6 is 23.2 Å². The Morgan fingerprint density at radius 1 is 1.14 bits per heavy atom. The predicted octanol–water partition coefficient (Wildman–Crippen LogP) is 5.04. The molecule has 0 saturated heterocycles. The van der Waals surface area contributed by atoms with E-state index in [1.54, 1.807) is 42.6 Å². The lowest BCUT2D eigenvalue weighted by Crippen LogP contribution is -2.04. The van der Waals surface area contributed by atoms with E-state index in [0.29, 0.717) is 66.7 Å². The van der Waals surface area contributed by atoms with E-state index in [2.05, 4.69) is 27.0 Å². The van der Waals surface area contributed by atoms with Crippen molar-refractivity contribution in [2.45, 2.75) is 6.42 Å². The van der Waals surface area contributed by atoms with Crippen molar-refractivity contribution in [1.82, 2.24) is 29.1 Å². The molecule has 4 aromatic heterocycles. The van der Waals surface area contributed by atoms with E-state index in [0.717, 1.165) is 0 Å². The number of benzene rings is 1. The zero-order chi connectivity index (χ0) is 26.3. The number of carbonyl (C=O) groups is 1. The minimum absolute atomic E-state index is 0.116. The number of carbonyl (C=O) groups excluding carboxylic acids is 1. The number of aromatic nitrogens is 6. The number of fused-ring (bicyclic) bond motifs is 3. The molecule has 12 heteroatoms. The summed E-state index contributed by atoms with van der Waals surface area (Å²) < 4.78 is 14.3. The van der Waals surface area contributed by atoms with Gasteiger partial charge in [0, 0.05) is 66.4 Å². The molecule has 0 spiro atoms. The fourth-order valence-corrected chi connectivity index (χ4v) is 4.78. The highest BCUT2D eigenvalue weighted by Gasteiger charge is 2.23. The number of aryl methyl sites for hydroxylation is 1. The number of anilines is 2. The van der Waals surface area contributed by atoms with Crippen LogP contribution in [0.15, 0.2) is 49.6 Å². The van der Waals surface area contributed by atoms with E-state index in [4.69, 9.17) is 37.7 Å². The number of allylic oxidation sites excluding steroid dienone is 1. The molecule has 1 aromatic carbocycles. The molecule has 10 nitrogen and oxygen atoms in total. The van der Waals surface area contributed by atoms with Crippen molar-refractivity contribution in [2.24, 2.45) is 7.05 Å². The Morgan fingerprint density at radius 3 is 2.54 bits per heavy atom. The molecular weight excluding hydrogens is 517 g/mol. The summed E-state index contributed by atoms with van der Waals surface area (Å²) in [4.78, 5) is 25.6. The van der Waals surface area contributed by atoms with Gasteiger partial charge < -0.3 is 14.8 Å². The van der Waals surface area contributed by atoms with Crippen LogP contribution in [0.4, 0.5) is 11.8 Å². The topological polar surface area (TPSA) is 108 Å². The number of ketones is 1. The second-order valence-corrected chi connectivity index (χ2v) is 8.84. The second kappa shape index (κ2) is 9.72. The molecular formula is C25H21Cl2N7O3. The van der Waals surface area contributed by atoms with E-state index in [1.165, 1.54) is 20.3 Å². The van der Waals surface area contributed by atoms with Crippen LogP contribution < -0.4 is 14.8 Å². The fourth-order valence-electron chi connectivity index (χ4n) is 4.07. The molecule has 0 atom stereocenters. The van der Waals surface area contributed by atoms with Gasteiger partial charge in [-0.25, -0.2) is 9.97 Å². The second-order valence-electron chi connectivity index (χ2n) is 8.08. The predicted molar refractivity (Wildman–Crippen MR) is 142 cm³/mol. The summed E-state index contributed by atoms with van der Waals surface area (Å²) in [5.41, 5.74) is 3.05. The van der Waals surface area contributed by atoms with Gasteiger partial charge in [0.1, 0.15) is 17.1 Å². The minimum atomic E-state index is -0.116. The minimum Gasteiger partial charge on any atom is -0.495 e. The number of imidazole rings is 1. The number of nitrogens with one attached hydrogen (secondary N) is 1. The Kier molecular flexibility index (Phi) is 6.45. The van der Waals surface area contributed by atoms with Crippen LogP contribution in [0.2, 0.25) is 10.0 Å². The van der Waals surface area contributed by atoms with E-state index < -0.39 is 0 Å². The maximum absolute atomic E-state index is 11.9. The maximum Gasteiger partial charge on any atom is 0.230 e. The van der Waals surface area contributed by atoms with Gasteiger partial charge in [0.15, 0.2) is 17.2 Å². The van der Waals surface area contributed by atoms with Gasteiger partial charge in [0.05, 0.1) is 24.3 Å². The molecule has 1 N–H and O–H groups in total. The Balaban J connectivity index is 1.64. The Hall–Kier alpha value is -4.15. The molecule has 37 heavy (non-hydrogen) atoms. The van der Waals surface area contributed by atoms with Gasteiger partial charge in [-0.3, -0.25) is 13.9 Å². The average Bonchev–Trinajstić information content (AvgIpc) is 3.51. The Bertz CT molecular complexity index is 1670. The maximum atomic E-state index is 11.9. The number of pyridine rings is 1. The Morgan fingerprint density at radius 2 is 1.86 bits per heavy atom. The van der Waals surface area contributed by atoms with Crippen molar-refractivity contribution in [3.63, 3.8) is 0 Å². The standard InChI is InChI=1S/C25H21Cl2N7O3/c1-5-15(35)8-14-12-33(2)32-22(14)30-25-29-11-13-9-16(24-28-6-7-34(24)23(13)31-25)19-20(26)17(36-3)10-18(37-4)21(19)27/h5-7,9-12H,1,8H2,2-4H3,(H,29,30,31,32). The number of hydrogen-bond donors (Lipinski definition) is 1. The average molecular weight is 538 g/mol. The Labute approximate surface area is 221 Å². The molecule has 5 aromatic rings. The molecule has 0 bridgehead atoms. The van der Waals surface area contributed by atoms with Crippen LogP contribution in [0.5, 0.6) is 11.5 Å². The lowest BCUT2D eigenvalue weighted by molar-refractivity contribution is -0.114. The van der Waals surface area contributed by atoms with E-state index in [9.17, 15) is 4.79 Å². The summed E-state index contributed by atoms with van der Waals surface area (Å²) in [5, 5.41) is 8.88. The van der Waals surface area contributed by atoms with Crippen LogP contribution in [0.1, 0.15) is 5.56 Å². The number of halogens is 2. The molecule has 0 saturated carbocycles. The lowest BCUT2D eigenvalue weighted by atomic mass is 10.0. The first kappa shape index (κ1) is 24.5. The first-order chi connectivity index (χ1) is 17.8. The molecule has 0 amide bonds. The normalized spacial score (nSPS) is 11.2. The number of nitrogens with zero attached hydrogens (tertiary/aromatic N) is 6. The molecule has 0 aliphatic carbocycles. The van der Waals surface area contributed by atoms with Crippen LogP contribution in [-0.2, 0) is 18.3 Å². The number of rotatable bonds is 8. The third-order valence-corrected chi connectivity index (χ3v) is 6.53. The SMILES string of the molecule is C=CC(=O)Cc1cn(C)nc1Nc1ncc2cc(-c3c(Cl)c(OC)cc(OC)c3Cl)c3nccn3c2n1. The summed E-state index contributed by atoms with van der Waals surface area (Å²) in [6.07, 6.45) is 8.32. The molecule has 0 fully saturated rings. The van der Waals surface area contributed by atoms with Crippen molar-refractivity contribution < 1.29 is 14.3 Å². The van der Waals surface area contributed by atoms with Crippen LogP contribution in [-0.4, -0.2) is 49.1 Å². The first-order valence-electron chi connectivity index (χ1n) is 11.0. The zero-order valence-corrected chi connectivity index (χ0v) is 21.6. The number of hydrogen-bond acceptors (Lipinski definition) is 8. The first-order valence-corrected chi connectivity index (χ1v) is 11.8. The van der Waals surface area contributed by atoms with E-state index >= 15 is 0 Å². The quantitative estimate of drug-likeness (QED) is 0.274. The third-order valence-electron chi connectivity index (χ3n) is 5.78. The molecule has 0 aliphatic heterocycles. The summed E-state index contributed by atoms with van der Waals surface area (Å²) in [6, 6.07) is 3.50. The summed E-state index contributed by atoms with van der Waals surface area (Å²) in [5.74, 6) is 1.51. The van der Waals surface area contributed by atoms with Gasteiger partial charge in [0.2, 0.25) is 5.95 Å². The van der Waals surface area contributed by atoms with Crippen molar-refractivity contribution >= 4 is 57.4 Å². The van der Waals surface area contributed by atoms with Crippen LogP contribution in [0.3, 0.4) is 0 Å². The van der Waals surface area contributed by atoms with Crippen molar-refractivity contribution in [3.05, 3.63) is 65.2 Å². The van der Waals surface area contributed by atoms with E-state index in [-0.39, 0.29) is 12.2 Å². The van der Waals surface area contributed by atoms with Gasteiger partial charge in [-0.05, 0) is 12.1 Å². The third kappa shape index (κ3) is 4.34. The van der Waals surface area contributed by atoms with Crippen molar-refractivity contribution in [2.75, 3.05) is 19.5 Å². The summed E-state index contributed by atoms with van der Waals surface area (Å²) in [7, 11) is 4.81. The van der Waals surface area contributed by atoms with Crippen LogP contribution in [0, 0.1) is 0 Å². The smallest absolute Gasteiger partial charge is 0.230 e. The largest absolute Gasteiger partial charge is 0.495 e. The van der Waals surface area contributed by atoms with Crippen molar-refractivity contribution in [3.8, 4) is 22.6 Å². The lowest BCUT2D eigenvalue weighted by Gasteiger charge is -2.16. The fraction of sp³-hybridized carbons (Fsp3) is 0.160. The van der Waals surface area contributed by atoms with Gasteiger partial charge >= 0.3 is 0 Å². The number of ether oxygens (including phenoxy) is 2. The summed E-state index contributed by atoms with van der Waals surface area (Å²) in [6.45, 7) is 3.53. The summed E-state index contributed by atoms with van der Waals surface area (Å²) >= 11 is 13.4. The van der Waals surface area contributed by atoms with E-state index in [1.807, 2.05) is 10.5 Å². The molecule has 0 aliphatic rings. The molecule has 4 heterocycles. The highest BCUT2D eigenvalue weighted by molar-refractivity contribution is 6.41. The van der Waals surface area contributed by atoms with Crippen molar-refractivity contribution in [1.29, 1.82) is 0 Å². The molecule has 5 rings (SSSR count). The van der Waals surface area contributed by atoms with Gasteiger partial charge in [0.25, 0.3) is 0 Å². The molecule has 0 unspecified atom stereocenters. The highest BCUT2D eigenvalue weighted by atomic mass is 35.5. The molecule has 188 valence electrons. The highest BCUT2D eigenvalue weighted by Crippen LogP contribution is 2.47. The molecule has 0 radical (unpaired) electrons. The zero-order valence-electron chi connectivity index (χ0n) is 20.1.